The van der Waals surface area contributed by atoms with Crippen LogP contribution in [0.2, 0.25) is 0 Å². The molecular formula is C11H14O2. The van der Waals surface area contributed by atoms with E-state index in [-0.39, 0.29) is 0 Å². The topological polar surface area (TPSA) is 21.8 Å². The molecule has 0 unspecified atom stereocenters. The highest BCUT2D eigenvalue weighted by Crippen LogP contribution is 2.15. The number of rotatable bonds is 4. The van der Waals surface area contributed by atoms with E-state index in [0.29, 0.717) is 12.7 Å². The van der Waals surface area contributed by atoms with Gasteiger partial charge in [-0.3, -0.25) is 0 Å². The molecule has 2 rings (SSSR count). The van der Waals surface area contributed by atoms with Gasteiger partial charge in [0.25, 0.3) is 0 Å². The van der Waals surface area contributed by atoms with Gasteiger partial charge in [-0.25, -0.2) is 0 Å². The molecule has 1 aliphatic heterocycles. The van der Waals surface area contributed by atoms with Crippen molar-refractivity contribution >= 4 is 0 Å². The highest BCUT2D eigenvalue weighted by molar-refractivity contribution is 5.27. The quantitative estimate of drug-likeness (QED) is 0.658. The molecule has 2 heteroatoms. The third-order valence-corrected chi connectivity index (χ3v) is 2.17. The van der Waals surface area contributed by atoms with E-state index in [9.17, 15) is 0 Å². The first-order valence-electron chi connectivity index (χ1n) is 4.72. The highest BCUT2D eigenvalue weighted by atomic mass is 16.6. The summed E-state index contributed by atoms with van der Waals surface area (Å²) in [6.45, 7) is 3.69. The second-order valence-corrected chi connectivity index (χ2v) is 3.26. The van der Waals surface area contributed by atoms with Crippen LogP contribution in [-0.4, -0.2) is 19.3 Å². The number of benzene rings is 1. The summed E-state index contributed by atoms with van der Waals surface area (Å²) in [4.78, 5) is 0. The molecule has 70 valence electrons. The fraction of sp³-hybridized carbons (Fsp3) is 0.455. The lowest BCUT2D eigenvalue weighted by atomic mass is 10.2. The molecule has 0 aromatic heterocycles. The van der Waals surface area contributed by atoms with E-state index >= 15 is 0 Å². The molecule has 0 aliphatic carbocycles. The molecule has 1 fully saturated rings. The van der Waals surface area contributed by atoms with Gasteiger partial charge in [0.05, 0.1) is 6.61 Å². The highest BCUT2D eigenvalue weighted by Gasteiger charge is 2.22. The van der Waals surface area contributed by atoms with Crippen LogP contribution in [0.1, 0.15) is 12.5 Å². The minimum Gasteiger partial charge on any atom is -0.491 e. The summed E-state index contributed by atoms with van der Waals surface area (Å²) in [7, 11) is 0. The average Bonchev–Trinajstić information content (AvgIpc) is 2.99. The zero-order valence-corrected chi connectivity index (χ0v) is 7.82. The Labute approximate surface area is 78.5 Å². The SMILES string of the molecule is CCc1ccc(OC[C@H]2CO2)cc1. The van der Waals surface area contributed by atoms with E-state index in [1.54, 1.807) is 0 Å². The number of hydrogen-bond donors (Lipinski definition) is 0. The summed E-state index contributed by atoms with van der Waals surface area (Å²) < 4.78 is 10.6. The first kappa shape index (κ1) is 8.57. The Morgan fingerprint density at radius 1 is 1.38 bits per heavy atom. The summed E-state index contributed by atoms with van der Waals surface area (Å²) in [6, 6.07) is 8.23. The van der Waals surface area contributed by atoms with Crippen molar-refractivity contribution in [2.75, 3.05) is 13.2 Å². The van der Waals surface area contributed by atoms with Crippen LogP contribution >= 0.6 is 0 Å². The number of aryl methyl sites for hydroxylation is 1. The van der Waals surface area contributed by atoms with Crippen LogP contribution < -0.4 is 4.74 Å². The van der Waals surface area contributed by atoms with Crippen molar-refractivity contribution in [1.29, 1.82) is 0 Å². The van der Waals surface area contributed by atoms with Crippen molar-refractivity contribution in [2.45, 2.75) is 19.4 Å². The van der Waals surface area contributed by atoms with Crippen LogP contribution in [-0.2, 0) is 11.2 Å². The molecule has 1 aliphatic rings. The van der Waals surface area contributed by atoms with Crippen molar-refractivity contribution in [3.8, 4) is 5.75 Å². The predicted molar refractivity (Wildman–Crippen MR) is 51.1 cm³/mol. The molecule has 0 spiro atoms. The summed E-state index contributed by atoms with van der Waals surface area (Å²) >= 11 is 0. The Morgan fingerprint density at radius 2 is 2.08 bits per heavy atom. The van der Waals surface area contributed by atoms with Gasteiger partial charge >= 0.3 is 0 Å². The van der Waals surface area contributed by atoms with Crippen molar-refractivity contribution in [3.63, 3.8) is 0 Å². The average molecular weight is 178 g/mol. The second-order valence-electron chi connectivity index (χ2n) is 3.26. The third kappa shape index (κ3) is 2.46. The maximum atomic E-state index is 5.50. The Bertz CT molecular complexity index is 262. The van der Waals surface area contributed by atoms with Crippen molar-refractivity contribution in [3.05, 3.63) is 29.8 Å². The first-order chi connectivity index (χ1) is 6.38. The van der Waals surface area contributed by atoms with Crippen LogP contribution in [0, 0.1) is 0 Å². The van der Waals surface area contributed by atoms with Gasteiger partial charge in [-0.05, 0) is 24.1 Å². The molecule has 1 heterocycles. The van der Waals surface area contributed by atoms with E-state index in [2.05, 4.69) is 19.1 Å². The molecule has 1 aromatic rings. The van der Waals surface area contributed by atoms with Crippen LogP contribution in [0.5, 0.6) is 5.75 Å². The fourth-order valence-electron chi connectivity index (χ4n) is 1.17. The van der Waals surface area contributed by atoms with E-state index in [1.165, 1.54) is 5.56 Å². The van der Waals surface area contributed by atoms with Crippen molar-refractivity contribution in [2.24, 2.45) is 0 Å². The van der Waals surface area contributed by atoms with E-state index in [0.717, 1.165) is 18.8 Å². The molecule has 0 saturated carbocycles. The van der Waals surface area contributed by atoms with Gasteiger partial charge in [0.2, 0.25) is 0 Å². The summed E-state index contributed by atoms with van der Waals surface area (Å²) in [5, 5.41) is 0. The summed E-state index contributed by atoms with van der Waals surface area (Å²) in [5.74, 6) is 0.938. The van der Waals surface area contributed by atoms with E-state index in [4.69, 9.17) is 9.47 Å². The van der Waals surface area contributed by atoms with Crippen LogP contribution in [0.15, 0.2) is 24.3 Å². The number of hydrogen-bond acceptors (Lipinski definition) is 2. The summed E-state index contributed by atoms with van der Waals surface area (Å²) in [6.07, 6.45) is 1.41. The van der Waals surface area contributed by atoms with Gasteiger partial charge in [0.15, 0.2) is 0 Å². The number of epoxide rings is 1. The molecule has 1 atom stereocenters. The molecule has 0 amide bonds. The van der Waals surface area contributed by atoms with Gasteiger partial charge in [-0.15, -0.1) is 0 Å². The molecule has 0 N–H and O–H groups in total. The minimum atomic E-state index is 0.339. The zero-order chi connectivity index (χ0) is 9.10. The first-order valence-corrected chi connectivity index (χ1v) is 4.72. The van der Waals surface area contributed by atoms with Gasteiger partial charge in [-0.1, -0.05) is 19.1 Å². The predicted octanol–water partition coefficient (Wildman–Crippen LogP) is 2.03. The Morgan fingerprint density at radius 3 is 2.62 bits per heavy atom. The number of ether oxygens (including phenoxy) is 2. The fourth-order valence-corrected chi connectivity index (χ4v) is 1.17. The van der Waals surface area contributed by atoms with Crippen LogP contribution in [0.4, 0.5) is 0 Å². The third-order valence-electron chi connectivity index (χ3n) is 2.17. The largest absolute Gasteiger partial charge is 0.491 e. The maximum absolute atomic E-state index is 5.50. The van der Waals surface area contributed by atoms with Gasteiger partial charge in [-0.2, -0.15) is 0 Å². The standard InChI is InChI=1S/C11H14O2/c1-2-9-3-5-10(6-4-9)12-7-11-8-13-11/h3-6,11H,2,7-8H2,1H3/t11-/m0/s1. The summed E-state index contributed by atoms with van der Waals surface area (Å²) in [5.41, 5.74) is 1.34. The maximum Gasteiger partial charge on any atom is 0.119 e. The normalized spacial score (nSPS) is 19.9. The van der Waals surface area contributed by atoms with Gasteiger partial charge in [0.1, 0.15) is 18.5 Å². The van der Waals surface area contributed by atoms with Crippen LogP contribution in [0.25, 0.3) is 0 Å². The Kier molecular flexibility index (Phi) is 2.50. The molecule has 0 radical (unpaired) electrons. The molecule has 0 bridgehead atoms. The van der Waals surface area contributed by atoms with E-state index in [1.807, 2.05) is 12.1 Å². The lowest BCUT2D eigenvalue weighted by Crippen LogP contribution is -2.03. The molecular weight excluding hydrogens is 164 g/mol. The molecule has 1 aromatic carbocycles. The minimum absolute atomic E-state index is 0.339. The van der Waals surface area contributed by atoms with Gasteiger partial charge in [0, 0.05) is 0 Å². The Hall–Kier alpha value is -1.02. The molecule has 13 heavy (non-hydrogen) atoms. The van der Waals surface area contributed by atoms with Gasteiger partial charge < -0.3 is 9.47 Å². The monoisotopic (exact) mass is 178 g/mol. The second kappa shape index (κ2) is 3.79. The van der Waals surface area contributed by atoms with Crippen molar-refractivity contribution in [1.82, 2.24) is 0 Å². The lowest BCUT2D eigenvalue weighted by molar-refractivity contribution is 0.263. The van der Waals surface area contributed by atoms with E-state index < -0.39 is 0 Å². The Balaban J connectivity index is 1.88. The smallest absolute Gasteiger partial charge is 0.119 e. The lowest BCUT2D eigenvalue weighted by Gasteiger charge is -2.04. The van der Waals surface area contributed by atoms with Crippen molar-refractivity contribution < 1.29 is 9.47 Å². The molecule has 1 saturated heterocycles. The van der Waals surface area contributed by atoms with Crippen LogP contribution in [0.3, 0.4) is 0 Å². The molecule has 2 nitrogen and oxygen atoms in total. The zero-order valence-electron chi connectivity index (χ0n) is 7.82.